The van der Waals surface area contributed by atoms with Crippen molar-refractivity contribution in [2.24, 2.45) is 0 Å². The van der Waals surface area contributed by atoms with Gasteiger partial charge in [0.25, 0.3) is 0 Å². The molecule has 0 spiro atoms. The van der Waals surface area contributed by atoms with E-state index in [1.807, 2.05) is 0 Å². The smallest absolute Gasteiger partial charge is 0.436 e. The van der Waals surface area contributed by atoms with Crippen molar-refractivity contribution in [3.63, 3.8) is 0 Å². The SMILES string of the molecule is COc1ccc(-n2nc(C(F)(F)F)c(C#N)c2Cl)cc1. The quantitative estimate of drug-likeness (QED) is 0.854. The Bertz CT molecular complexity index is 671. The topological polar surface area (TPSA) is 50.8 Å². The lowest BCUT2D eigenvalue weighted by molar-refractivity contribution is -0.141. The lowest BCUT2D eigenvalue weighted by Crippen LogP contribution is -2.08. The molecule has 0 unspecified atom stereocenters. The Balaban J connectivity index is 2.58. The third kappa shape index (κ3) is 2.42. The summed E-state index contributed by atoms with van der Waals surface area (Å²) in [5, 5.41) is 11.8. The molecule has 2 rings (SSSR count). The minimum atomic E-state index is -4.74. The maximum Gasteiger partial charge on any atom is 0.436 e. The number of benzene rings is 1. The first-order valence-electron chi connectivity index (χ1n) is 5.28. The molecule has 1 heterocycles. The summed E-state index contributed by atoms with van der Waals surface area (Å²) in [6.45, 7) is 0. The molecule has 0 aliphatic rings. The summed E-state index contributed by atoms with van der Waals surface area (Å²) in [7, 11) is 1.46. The summed E-state index contributed by atoms with van der Waals surface area (Å²) >= 11 is 5.79. The van der Waals surface area contributed by atoms with Gasteiger partial charge in [0.15, 0.2) is 10.8 Å². The second kappa shape index (κ2) is 5.06. The number of rotatable bonds is 2. The van der Waals surface area contributed by atoms with E-state index in [9.17, 15) is 13.2 Å². The molecule has 0 fully saturated rings. The van der Waals surface area contributed by atoms with Crippen LogP contribution in [0.4, 0.5) is 13.2 Å². The molecule has 0 N–H and O–H groups in total. The molecular weight excluding hydrogens is 295 g/mol. The van der Waals surface area contributed by atoms with Crippen molar-refractivity contribution in [2.75, 3.05) is 7.11 Å². The van der Waals surface area contributed by atoms with Crippen molar-refractivity contribution >= 4 is 11.6 Å². The molecule has 20 heavy (non-hydrogen) atoms. The van der Waals surface area contributed by atoms with Crippen LogP contribution in [0.1, 0.15) is 11.3 Å². The van der Waals surface area contributed by atoms with Crippen LogP contribution in [0.15, 0.2) is 24.3 Å². The Hall–Kier alpha value is -2.20. The van der Waals surface area contributed by atoms with Gasteiger partial charge in [-0.15, -0.1) is 0 Å². The zero-order valence-corrected chi connectivity index (χ0v) is 10.8. The molecule has 0 atom stereocenters. The van der Waals surface area contributed by atoms with Crippen LogP contribution in [-0.4, -0.2) is 16.9 Å². The monoisotopic (exact) mass is 301 g/mol. The predicted molar refractivity (Wildman–Crippen MR) is 64.8 cm³/mol. The highest BCUT2D eigenvalue weighted by Crippen LogP contribution is 2.35. The minimum absolute atomic E-state index is 0.294. The van der Waals surface area contributed by atoms with Crippen molar-refractivity contribution in [3.8, 4) is 17.5 Å². The Morgan fingerprint density at radius 2 is 1.90 bits per heavy atom. The second-order valence-corrected chi connectivity index (χ2v) is 4.09. The Morgan fingerprint density at radius 1 is 1.30 bits per heavy atom. The van der Waals surface area contributed by atoms with Gasteiger partial charge in [-0.1, -0.05) is 11.6 Å². The van der Waals surface area contributed by atoms with E-state index in [2.05, 4.69) is 5.10 Å². The van der Waals surface area contributed by atoms with Crippen LogP contribution < -0.4 is 4.74 Å². The molecule has 0 bridgehead atoms. The first-order valence-corrected chi connectivity index (χ1v) is 5.66. The third-order valence-corrected chi connectivity index (χ3v) is 2.88. The average molecular weight is 302 g/mol. The fourth-order valence-corrected chi connectivity index (χ4v) is 1.86. The normalized spacial score (nSPS) is 11.2. The fraction of sp³-hybridized carbons (Fsp3) is 0.167. The van der Waals surface area contributed by atoms with Crippen molar-refractivity contribution < 1.29 is 17.9 Å². The molecule has 1 aromatic carbocycles. The fourth-order valence-electron chi connectivity index (χ4n) is 1.59. The van der Waals surface area contributed by atoms with Crippen molar-refractivity contribution in [1.82, 2.24) is 9.78 Å². The first-order chi connectivity index (χ1) is 9.38. The minimum Gasteiger partial charge on any atom is -0.497 e. The molecule has 4 nitrogen and oxygen atoms in total. The molecule has 0 saturated carbocycles. The Morgan fingerprint density at radius 3 is 2.30 bits per heavy atom. The maximum atomic E-state index is 12.8. The van der Waals surface area contributed by atoms with E-state index in [4.69, 9.17) is 21.6 Å². The standard InChI is InChI=1S/C12H7ClF3N3O/c1-20-8-4-2-7(3-5-8)19-11(13)9(6-17)10(18-19)12(14,15)16/h2-5H,1H3. The lowest BCUT2D eigenvalue weighted by Gasteiger charge is -2.04. The van der Waals surface area contributed by atoms with E-state index in [0.29, 0.717) is 11.4 Å². The number of halogens is 4. The molecule has 1 aromatic heterocycles. The summed E-state index contributed by atoms with van der Waals surface area (Å²) < 4.78 is 44.1. The third-order valence-electron chi connectivity index (χ3n) is 2.53. The van der Waals surface area contributed by atoms with Gasteiger partial charge in [-0.3, -0.25) is 0 Å². The first kappa shape index (κ1) is 14.2. The molecule has 0 radical (unpaired) electrons. The molecule has 0 amide bonds. The van der Waals surface area contributed by atoms with Crippen molar-refractivity contribution in [3.05, 3.63) is 40.7 Å². The Labute approximate surface area is 116 Å². The van der Waals surface area contributed by atoms with Crippen molar-refractivity contribution in [2.45, 2.75) is 6.18 Å². The van der Waals surface area contributed by atoms with Gasteiger partial charge in [-0.25, -0.2) is 4.68 Å². The zero-order valence-electron chi connectivity index (χ0n) is 10.1. The van der Waals surface area contributed by atoms with Gasteiger partial charge in [0.1, 0.15) is 17.4 Å². The highest BCUT2D eigenvalue weighted by atomic mass is 35.5. The molecule has 104 valence electrons. The number of ether oxygens (including phenoxy) is 1. The van der Waals surface area contributed by atoms with Crippen LogP contribution in [0.3, 0.4) is 0 Å². The van der Waals surface area contributed by atoms with Crippen LogP contribution in [0.2, 0.25) is 5.15 Å². The van der Waals surface area contributed by atoms with Crippen LogP contribution in [0, 0.1) is 11.3 Å². The molecule has 8 heteroatoms. The van der Waals surface area contributed by atoms with E-state index < -0.39 is 17.4 Å². The van der Waals surface area contributed by atoms with E-state index in [1.54, 1.807) is 12.1 Å². The van der Waals surface area contributed by atoms with Crippen LogP contribution in [-0.2, 0) is 6.18 Å². The summed E-state index contributed by atoms with van der Waals surface area (Å²) in [4.78, 5) is 0. The summed E-state index contributed by atoms with van der Waals surface area (Å²) in [6.07, 6.45) is -4.74. The van der Waals surface area contributed by atoms with Crippen LogP contribution >= 0.6 is 11.6 Å². The maximum absolute atomic E-state index is 12.8. The average Bonchev–Trinajstić information content (AvgIpc) is 2.76. The van der Waals surface area contributed by atoms with Gasteiger partial charge >= 0.3 is 6.18 Å². The number of methoxy groups -OCH3 is 1. The summed E-state index contributed by atoms with van der Waals surface area (Å²) in [5.41, 5.74) is -1.71. The van der Waals surface area contributed by atoms with Gasteiger partial charge in [0, 0.05) is 0 Å². The molecule has 2 aromatic rings. The van der Waals surface area contributed by atoms with E-state index in [1.165, 1.54) is 25.3 Å². The summed E-state index contributed by atoms with van der Waals surface area (Å²) in [5.74, 6) is 0.536. The van der Waals surface area contributed by atoms with Crippen LogP contribution in [0.5, 0.6) is 5.75 Å². The van der Waals surface area contributed by atoms with E-state index in [-0.39, 0.29) is 5.15 Å². The number of hydrogen-bond acceptors (Lipinski definition) is 3. The van der Waals surface area contributed by atoms with E-state index in [0.717, 1.165) is 4.68 Å². The zero-order chi connectivity index (χ0) is 14.9. The van der Waals surface area contributed by atoms with Gasteiger partial charge in [0.2, 0.25) is 0 Å². The van der Waals surface area contributed by atoms with Gasteiger partial charge in [-0.2, -0.15) is 23.5 Å². The summed E-state index contributed by atoms with van der Waals surface area (Å²) in [6, 6.07) is 7.49. The molecule has 0 aliphatic heterocycles. The predicted octanol–water partition coefficient (Wildman–Crippen LogP) is 3.42. The van der Waals surface area contributed by atoms with Crippen molar-refractivity contribution in [1.29, 1.82) is 5.26 Å². The van der Waals surface area contributed by atoms with Gasteiger partial charge in [-0.05, 0) is 24.3 Å². The molecular formula is C12H7ClF3N3O. The second-order valence-electron chi connectivity index (χ2n) is 3.73. The highest BCUT2D eigenvalue weighted by molar-refractivity contribution is 6.31. The Kier molecular flexibility index (Phi) is 3.59. The van der Waals surface area contributed by atoms with E-state index >= 15 is 0 Å². The number of nitrogens with zero attached hydrogens (tertiary/aromatic N) is 3. The molecule has 0 saturated heterocycles. The van der Waals surface area contributed by atoms with Gasteiger partial charge in [0.05, 0.1) is 12.8 Å². The highest BCUT2D eigenvalue weighted by Gasteiger charge is 2.39. The number of alkyl halides is 3. The number of nitriles is 1. The molecule has 0 aliphatic carbocycles. The number of aromatic nitrogens is 2. The number of hydrogen-bond donors (Lipinski definition) is 0. The van der Waals surface area contributed by atoms with Crippen LogP contribution in [0.25, 0.3) is 5.69 Å². The lowest BCUT2D eigenvalue weighted by atomic mass is 10.2. The largest absolute Gasteiger partial charge is 0.497 e. The van der Waals surface area contributed by atoms with Gasteiger partial charge < -0.3 is 4.74 Å².